The second-order valence-corrected chi connectivity index (χ2v) is 1.51. The number of carboxylic acids is 1. The van der Waals surface area contributed by atoms with Gasteiger partial charge in [-0.2, -0.15) is 10.3 Å². The van der Waals surface area contributed by atoms with Gasteiger partial charge in [-0.3, -0.25) is 4.79 Å². The molecule has 0 saturated carbocycles. The number of nitriles is 1. The van der Waals surface area contributed by atoms with Crippen LogP contribution in [0.1, 0.15) is 6.92 Å². The van der Waals surface area contributed by atoms with Crippen LogP contribution in [0.25, 0.3) is 0 Å². The fraction of sp³-hybridized carbons (Fsp3) is 0.400. The molecule has 0 aliphatic carbocycles. The van der Waals surface area contributed by atoms with Crippen molar-refractivity contribution in [2.75, 3.05) is 0 Å². The van der Waals surface area contributed by atoms with Crippen molar-refractivity contribution < 1.29 is 9.90 Å². The highest BCUT2D eigenvalue weighted by atomic mass is 16.4. The molecule has 0 aromatic heterocycles. The van der Waals surface area contributed by atoms with Crippen LogP contribution in [0.15, 0.2) is 4.99 Å². The number of hydrogen-bond donors (Lipinski definition) is 1. The van der Waals surface area contributed by atoms with Crippen molar-refractivity contribution in [1.82, 2.24) is 0 Å². The molecule has 0 amide bonds. The van der Waals surface area contributed by atoms with E-state index >= 15 is 0 Å². The highest BCUT2D eigenvalue weighted by Crippen LogP contribution is 1.87. The first-order valence-electron chi connectivity index (χ1n) is 2.33. The molecule has 0 aromatic rings. The molecule has 48 valence electrons. The number of carboxylic acid groups (broad SMARTS) is 1. The van der Waals surface area contributed by atoms with Gasteiger partial charge >= 0.3 is 5.97 Å². The van der Waals surface area contributed by atoms with Crippen LogP contribution in [0.3, 0.4) is 0 Å². The zero-order valence-corrected chi connectivity index (χ0v) is 4.90. The van der Waals surface area contributed by atoms with Gasteiger partial charge in [0.15, 0.2) is 0 Å². The van der Waals surface area contributed by atoms with Crippen LogP contribution >= 0.6 is 0 Å². The van der Waals surface area contributed by atoms with Gasteiger partial charge in [0.25, 0.3) is 0 Å². The summed E-state index contributed by atoms with van der Waals surface area (Å²) < 4.78 is 0. The molecule has 1 atom stereocenters. The lowest BCUT2D eigenvalue weighted by molar-refractivity contribution is -0.138. The van der Waals surface area contributed by atoms with Crippen LogP contribution in [0, 0.1) is 17.4 Å². The summed E-state index contributed by atoms with van der Waals surface area (Å²) in [5.74, 6) is -1.65. The predicted octanol–water partition coefficient (Wildman–Crippen LogP) is 0.259. The molecule has 0 aromatic carbocycles. The third kappa shape index (κ3) is 3.23. The van der Waals surface area contributed by atoms with Gasteiger partial charge in [-0.05, 0) is 6.92 Å². The van der Waals surface area contributed by atoms with Gasteiger partial charge in [-0.15, -0.1) is 0 Å². The number of aliphatic carboxylic acids is 1. The number of aliphatic imine (C=N–C) groups is 1. The molecule has 1 unspecified atom stereocenters. The van der Waals surface area contributed by atoms with Gasteiger partial charge in [0.05, 0.1) is 5.92 Å². The van der Waals surface area contributed by atoms with Crippen molar-refractivity contribution >= 4 is 12.2 Å². The van der Waals surface area contributed by atoms with E-state index < -0.39 is 11.9 Å². The molecule has 0 fully saturated rings. The maximum Gasteiger partial charge on any atom is 0.311 e. The molecule has 0 aliphatic rings. The van der Waals surface area contributed by atoms with Crippen molar-refractivity contribution in [1.29, 1.82) is 5.26 Å². The highest BCUT2D eigenvalue weighted by Gasteiger charge is 2.05. The predicted molar refractivity (Wildman–Crippen MR) is 30.9 cm³/mol. The minimum absolute atomic E-state index is 0.676. The Labute approximate surface area is 52.4 Å². The lowest BCUT2D eigenvalue weighted by atomic mass is 10.2. The SMILES string of the molecule is CC(C=NC#N)C(=O)O. The quantitative estimate of drug-likeness (QED) is 0.426. The van der Waals surface area contributed by atoms with Gasteiger partial charge in [0, 0.05) is 6.21 Å². The molecule has 0 rings (SSSR count). The minimum Gasteiger partial charge on any atom is -0.481 e. The summed E-state index contributed by atoms with van der Waals surface area (Å²) in [6.07, 6.45) is 2.55. The lowest BCUT2D eigenvalue weighted by Crippen LogP contribution is -2.09. The first kappa shape index (κ1) is 7.63. The van der Waals surface area contributed by atoms with E-state index in [0.29, 0.717) is 0 Å². The first-order valence-corrected chi connectivity index (χ1v) is 2.33. The fourth-order valence-corrected chi connectivity index (χ4v) is 0.209. The number of hydrogen-bond acceptors (Lipinski definition) is 3. The average molecular weight is 126 g/mol. The van der Waals surface area contributed by atoms with Crippen LogP contribution in [-0.2, 0) is 4.79 Å². The van der Waals surface area contributed by atoms with Gasteiger partial charge in [-0.25, -0.2) is 0 Å². The molecule has 1 N–H and O–H groups in total. The third-order valence-electron chi connectivity index (χ3n) is 0.745. The Morgan fingerprint density at radius 3 is 2.89 bits per heavy atom. The summed E-state index contributed by atoms with van der Waals surface area (Å²) in [6.45, 7) is 1.45. The summed E-state index contributed by atoms with van der Waals surface area (Å²) in [4.78, 5) is 13.1. The Kier molecular flexibility index (Phi) is 3.06. The molecule has 9 heavy (non-hydrogen) atoms. The summed E-state index contributed by atoms with van der Waals surface area (Å²) >= 11 is 0. The van der Waals surface area contributed by atoms with E-state index in [9.17, 15) is 4.79 Å². The normalized spacial score (nSPS) is 12.9. The minimum atomic E-state index is -0.978. The fourth-order valence-electron chi connectivity index (χ4n) is 0.209. The number of carbonyl (C=O) groups is 1. The highest BCUT2D eigenvalue weighted by molar-refractivity contribution is 5.88. The summed E-state index contributed by atoms with van der Waals surface area (Å²) in [5.41, 5.74) is 0. The molecule has 4 nitrogen and oxygen atoms in total. The largest absolute Gasteiger partial charge is 0.481 e. The van der Waals surface area contributed by atoms with E-state index in [4.69, 9.17) is 10.4 Å². The Morgan fingerprint density at radius 1 is 2.00 bits per heavy atom. The molecule has 0 radical (unpaired) electrons. The monoisotopic (exact) mass is 126 g/mol. The van der Waals surface area contributed by atoms with E-state index in [0.717, 1.165) is 6.21 Å². The standard InChI is InChI=1S/C5H6N2O2/c1-4(5(8)9)2-7-3-6/h2,4H,1H3,(H,8,9). The molecule has 0 aliphatic heterocycles. The summed E-state index contributed by atoms with van der Waals surface area (Å²) in [5, 5.41) is 16.1. The molecule has 0 spiro atoms. The van der Waals surface area contributed by atoms with Crippen LogP contribution in [0.4, 0.5) is 0 Å². The molecular weight excluding hydrogens is 120 g/mol. The van der Waals surface area contributed by atoms with Crippen molar-refractivity contribution in [3.05, 3.63) is 0 Å². The van der Waals surface area contributed by atoms with E-state index in [-0.39, 0.29) is 0 Å². The zero-order valence-electron chi connectivity index (χ0n) is 4.90. The smallest absolute Gasteiger partial charge is 0.311 e. The van der Waals surface area contributed by atoms with Gasteiger partial charge < -0.3 is 5.11 Å². The molecule has 0 saturated heterocycles. The Hall–Kier alpha value is -1.37. The van der Waals surface area contributed by atoms with Gasteiger partial charge in [0.1, 0.15) is 0 Å². The van der Waals surface area contributed by atoms with Crippen LogP contribution < -0.4 is 0 Å². The lowest BCUT2D eigenvalue weighted by Gasteiger charge is -1.91. The van der Waals surface area contributed by atoms with Gasteiger partial charge in [-0.1, -0.05) is 0 Å². The zero-order chi connectivity index (χ0) is 7.28. The summed E-state index contributed by atoms with van der Waals surface area (Å²) in [6, 6.07) is 0. The van der Waals surface area contributed by atoms with Crippen molar-refractivity contribution in [2.24, 2.45) is 10.9 Å². The second-order valence-electron chi connectivity index (χ2n) is 1.51. The van der Waals surface area contributed by atoms with Crippen molar-refractivity contribution in [3.8, 4) is 6.19 Å². The molecular formula is C5H6N2O2. The second kappa shape index (κ2) is 3.61. The Balaban J connectivity index is 3.80. The molecule has 0 heterocycles. The van der Waals surface area contributed by atoms with E-state index in [1.54, 1.807) is 0 Å². The van der Waals surface area contributed by atoms with Crippen LogP contribution in [-0.4, -0.2) is 17.3 Å². The molecule has 4 heteroatoms. The van der Waals surface area contributed by atoms with Crippen molar-refractivity contribution in [2.45, 2.75) is 6.92 Å². The molecule has 0 bridgehead atoms. The number of nitrogens with zero attached hydrogens (tertiary/aromatic N) is 2. The van der Waals surface area contributed by atoms with E-state index in [1.165, 1.54) is 13.1 Å². The van der Waals surface area contributed by atoms with E-state index in [1.807, 2.05) is 0 Å². The van der Waals surface area contributed by atoms with Crippen LogP contribution in [0.5, 0.6) is 0 Å². The third-order valence-corrected chi connectivity index (χ3v) is 0.745. The van der Waals surface area contributed by atoms with Crippen molar-refractivity contribution in [3.63, 3.8) is 0 Å². The van der Waals surface area contributed by atoms with Crippen LogP contribution in [0.2, 0.25) is 0 Å². The Bertz CT molecular complexity index is 168. The first-order chi connectivity index (χ1) is 4.18. The summed E-state index contributed by atoms with van der Waals surface area (Å²) in [7, 11) is 0. The average Bonchev–Trinajstić information content (AvgIpc) is 1.82. The maximum atomic E-state index is 10.0. The number of rotatable bonds is 2. The van der Waals surface area contributed by atoms with Gasteiger partial charge in [0.2, 0.25) is 6.19 Å². The Morgan fingerprint density at radius 2 is 2.56 bits per heavy atom. The van der Waals surface area contributed by atoms with E-state index in [2.05, 4.69) is 4.99 Å². The maximum absolute atomic E-state index is 10.0. The topological polar surface area (TPSA) is 73.5 Å².